The first-order valence-corrected chi connectivity index (χ1v) is 5.99. The summed E-state index contributed by atoms with van der Waals surface area (Å²) in [5.41, 5.74) is 1.83. The second-order valence-corrected chi connectivity index (χ2v) is 4.43. The van der Waals surface area contributed by atoms with Crippen LogP contribution in [0.25, 0.3) is 0 Å². The van der Waals surface area contributed by atoms with E-state index in [-0.39, 0.29) is 0 Å². The normalized spacial score (nSPS) is 10.7. The molecule has 0 aliphatic carbocycles. The standard InChI is InChI=1S/C11H9Cl3N2/c12-4-8-5-15-7-16(8)6-9-10(13)2-1-3-11(9)14/h1-3,5,7H,4,6H2. The van der Waals surface area contributed by atoms with Crippen molar-refractivity contribution in [1.82, 2.24) is 9.55 Å². The van der Waals surface area contributed by atoms with E-state index in [0.29, 0.717) is 22.5 Å². The van der Waals surface area contributed by atoms with Crippen LogP contribution < -0.4 is 0 Å². The number of hydrogen-bond donors (Lipinski definition) is 0. The Balaban J connectivity index is 2.34. The molecule has 1 aromatic heterocycles. The third-order valence-corrected chi connectivity index (χ3v) is 3.31. The Morgan fingerprint density at radius 3 is 2.50 bits per heavy atom. The number of rotatable bonds is 3. The van der Waals surface area contributed by atoms with Gasteiger partial charge in [0.1, 0.15) is 0 Å². The van der Waals surface area contributed by atoms with E-state index in [4.69, 9.17) is 34.8 Å². The summed E-state index contributed by atoms with van der Waals surface area (Å²) in [6.07, 6.45) is 3.45. The highest BCUT2D eigenvalue weighted by Crippen LogP contribution is 2.25. The summed E-state index contributed by atoms with van der Waals surface area (Å²) in [5, 5.41) is 1.31. The van der Waals surface area contributed by atoms with E-state index in [1.165, 1.54) is 0 Å². The van der Waals surface area contributed by atoms with Gasteiger partial charge < -0.3 is 4.57 Å². The van der Waals surface area contributed by atoms with Gasteiger partial charge in [-0.15, -0.1) is 11.6 Å². The van der Waals surface area contributed by atoms with Gasteiger partial charge in [0.25, 0.3) is 0 Å². The Morgan fingerprint density at radius 1 is 1.19 bits per heavy atom. The van der Waals surface area contributed by atoms with Gasteiger partial charge in [0.05, 0.1) is 24.4 Å². The van der Waals surface area contributed by atoms with Crippen LogP contribution in [0.15, 0.2) is 30.7 Å². The Hall–Kier alpha value is -0.700. The van der Waals surface area contributed by atoms with Gasteiger partial charge in [0.2, 0.25) is 0 Å². The number of aromatic nitrogens is 2. The van der Waals surface area contributed by atoms with E-state index in [1.807, 2.05) is 22.8 Å². The number of halogens is 3. The van der Waals surface area contributed by atoms with Gasteiger partial charge in [-0.3, -0.25) is 0 Å². The molecule has 1 heterocycles. The van der Waals surface area contributed by atoms with Crippen LogP contribution in [0, 0.1) is 0 Å². The van der Waals surface area contributed by atoms with Crippen LogP contribution in [-0.2, 0) is 12.4 Å². The van der Waals surface area contributed by atoms with E-state index in [2.05, 4.69) is 4.98 Å². The van der Waals surface area contributed by atoms with Crippen LogP contribution in [0.1, 0.15) is 11.3 Å². The maximum Gasteiger partial charge on any atom is 0.0951 e. The highest BCUT2D eigenvalue weighted by atomic mass is 35.5. The molecular weight excluding hydrogens is 266 g/mol. The van der Waals surface area contributed by atoms with Crippen molar-refractivity contribution in [3.05, 3.63) is 52.0 Å². The van der Waals surface area contributed by atoms with Crippen molar-refractivity contribution in [2.45, 2.75) is 12.4 Å². The van der Waals surface area contributed by atoms with Gasteiger partial charge in [-0.05, 0) is 12.1 Å². The average Bonchev–Trinajstić information content (AvgIpc) is 2.71. The Morgan fingerprint density at radius 2 is 1.88 bits per heavy atom. The summed E-state index contributed by atoms with van der Waals surface area (Å²) in [6, 6.07) is 5.46. The van der Waals surface area contributed by atoms with Gasteiger partial charge >= 0.3 is 0 Å². The maximum atomic E-state index is 6.09. The Kier molecular flexibility index (Phi) is 3.74. The van der Waals surface area contributed by atoms with Crippen molar-refractivity contribution in [3.8, 4) is 0 Å². The molecule has 0 saturated heterocycles. The highest BCUT2D eigenvalue weighted by molar-refractivity contribution is 6.35. The highest BCUT2D eigenvalue weighted by Gasteiger charge is 2.08. The van der Waals surface area contributed by atoms with Gasteiger partial charge in [0.15, 0.2) is 0 Å². The quantitative estimate of drug-likeness (QED) is 0.775. The summed E-state index contributed by atoms with van der Waals surface area (Å²) in [4.78, 5) is 4.04. The predicted molar refractivity (Wildman–Crippen MR) is 67.3 cm³/mol. The lowest BCUT2D eigenvalue weighted by molar-refractivity contribution is 0.765. The van der Waals surface area contributed by atoms with Gasteiger partial charge in [-0.25, -0.2) is 4.98 Å². The fourth-order valence-electron chi connectivity index (χ4n) is 1.46. The second kappa shape index (κ2) is 5.09. The van der Waals surface area contributed by atoms with Crippen LogP contribution in [0.4, 0.5) is 0 Å². The molecule has 2 aromatic rings. The molecule has 5 heteroatoms. The van der Waals surface area contributed by atoms with Crippen LogP contribution in [0.2, 0.25) is 10.0 Å². The Bertz CT molecular complexity index is 473. The molecule has 0 atom stereocenters. The van der Waals surface area contributed by atoms with Gasteiger partial charge in [-0.2, -0.15) is 0 Å². The lowest BCUT2D eigenvalue weighted by atomic mass is 10.2. The zero-order chi connectivity index (χ0) is 11.5. The van der Waals surface area contributed by atoms with E-state index >= 15 is 0 Å². The maximum absolute atomic E-state index is 6.09. The topological polar surface area (TPSA) is 17.8 Å². The molecule has 0 saturated carbocycles. The number of benzene rings is 1. The number of hydrogen-bond acceptors (Lipinski definition) is 1. The zero-order valence-electron chi connectivity index (χ0n) is 8.33. The van der Waals surface area contributed by atoms with Crippen LogP contribution in [0.5, 0.6) is 0 Å². The molecule has 16 heavy (non-hydrogen) atoms. The van der Waals surface area contributed by atoms with Crippen LogP contribution in [0.3, 0.4) is 0 Å². The minimum Gasteiger partial charge on any atom is -0.329 e. The van der Waals surface area contributed by atoms with Crippen molar-refractivity contribution >= 4 is 34.8 Å². The molecule has 0 amide bonds. The van der Waals surface area contributed by atoms with Crippen molar-refractivity contribution in [2.75, 3.05) is 0 Å². The number of nitrogens with zero attached hydrogens (tertiary/aromatic N) is 2. The first-order chi connectivity index (χ1) is 7.72. The van der Waals surface area contributed by atoms with E-state index < -0.39 is 0 Å². The van der Waals surface area contributed by atoms with Gasteiger partial charge in [-0.1, -0.05) is 29.3 Å². The van der Waals surface area contributed by atoms with Crippen molar-refractivity contribution in [2.24, 2.45) is 0 Å². The first kappa shape index (κ1) is 11.8. The molecule has 0 bridgehead atoms. The largest absolute Gasteiger partial charge is 0.329 e. The van der Waals surface area contributed by atoms with E-state index in [0.717, 1.165) is 11.3 Å². The molecule has 1 aromatic carbocycles. The van der Waals surface area contributed by atoms with E-state index in [1.54, 1.807) is 12.5 Å². The first-order valence-electron chi connectivity index (χ1n) is 4.70. The van der Waals surface area contributed by atoms with Crippen LogP contribution >= 0.6 is 34.8 Å². The molecule has 0 aliphatic rings. The smallest absolute Gasteiger partial charge is 0.0951 e. The molecule has 0 fully saturated rings. The third-order valence-electron chi connectivity index (χ3n) is 2.33. The molecule has 2 rings (SSSR count). The predicted octanol–water partition coefficient (Wildman–Crippen LogP) is 3.98. The SMILES string of the molecule is ClCc1cncn1Cc1c(Cl)cccc1Cl. The zero-order valence-corrected chi connectivity index (χ0v) is 10.6. The van der Waals surface area contributed by atoms with Crippen molar-refractivity contribution < 1.29 is 0 Å². The number of alkyl halides is 1. The fraction of sp³-hybridized carbons (Fsp3) is 0.182. The summed E-state index contributed by atoms with van der Waals surface area (Å²) >= 11 is 18.0. The summed E-state index contributed by atoms with van der Waals surface area (Å²) in [6.45, 7) is 0.584. The lowest BCUT2D eigenvalue weighted by Crippen LogP contribution is -2.02. The molecule has 84 valence electrons. The van der Waals surface area contributed by atoms with Gasteiger partial charge in [0, 0.05) is 21.8 Å². The van der Waals surface area contributed by atoms with Crippen molar-refractivity contribution in [1.29, 1.82) is 0 Å². The average molecular weight is 276 g/mol. The molecule has 0 unspecified atom stereocenters. The summed E-state index contributed by atoms with van der Waals surface area (Å²) in [5.74, 6) is 0.419. The summed E-state index contributed by atoms with van der Waals surface area (Å²) < 4.78 is 1.93. The molecule has 0 aliphatic heterocycles. The van der Waals surface area contributed by atoms with E-state index in [9.17, 15) is 0 Å². The monoisotopic (exact) mass is 274 g/mol. The molecular formula is C11H9Cl3N2. The fourth-order valence-corrected chi connectivity index (χ4v) is 2.20. The third kappa shape index (κ3) is 2.34. The molecule has 0 N–H and O–H groups in total. The lowest BCUT2D eigenvalue weighted by Gasteiger charge is -2.09. The molecule has 2 nitrogen and oxygen atoms in total. The van der Waals surface area contributed by atoms with Crippen molar-refractivity contribution in [3.63, 3.8) is 0 Å². The second-order valence-electron chi connectivity index (χ2n) is 3.35. The molecule has 0 radical (unpaired) electrons. The summed E-state index contributed by atoms with van der Waals surface area (Å²) in [7, 11) is 0. The Labute approximate surface area is 109 Å². The molecule has 0 spiro atoms. The number of imidazole rings is 1. The minimum absolute atomic E-state index is 0.419. The minimum atomic E-state index is 0.419. The van der Waals surface area contributed by atoms with Crippen LogP contribution in [-0.4, -0.2) is 9.55 Å².